The number of aromatic nitrogens is 1. The van der Waals surface area contributed by atoms with E-state index < -0.39 is 22.1 Å². The molecule has 1 aromatic heterocycles. The molecule has 0 aliphatic carbocycles. The van der Waals surface area contributed by atoms with E-state index in [2.05, 4.69) is 9.72 Å². The lowest BCUT2D eigenvalue weighted by atomic mass is 10.1. The third-order valence-corrected chi connectivity index (χ3v) is 4.96. The van der Waals surface area contributed by atoms with Crippen molar-refractivity contribution in [1.29, 1.82) is 0 Å². The molecule has 0 bridgehead atoms. The van der Waals surface area contributed by atoms with E-state index in [9.17, 15) is 18.0 Å². The van der Waals surface area contributed by atoms with Crippen molar-refractivity contribution in [2.45, 2.75) is 18.7 Å². The first-order valence-corrected chi connectivity index (χ1v) is 10.0. The standard InChI is InChI=1S/C15H13NO5S.C6H7N/c1-11-7-5-6-10-13(11)14(17)21-15(18)16-22(19,20)12-8-3-2-4-9-12;1-6-4-2-3-5-7-6/h2-10H,1H3,(H,16,18);2-5H,1H3. The number of aryl methyl sites for hydroxylation is 2. The highest BCUT2D eigenvalue weighted by Gasteiger charge is 2.21. The number of esters is 1. The second-order valence-electron chi connectivity index (χ2n) is 5.88. The molecule has 0 fully saturated rings. The van der Waals surface area contributed by atoms with Crippen LogP contribution in [0.5, 0.6) is 0 Å². The molecule has 3 aromatic rings. The molecule has 0 saturated carbocycles. The van der Waals surface area contributed by atoms with Gasteiger partial charge >= 0.3 is 12.1 Å². The fourth-order valence-electron chi connectivity index (χ4n) is 2.18. The van der Waals surface area contributed by atoms with Gasteiger partial charge in [0.25, 0.3) is 10.0 Å². The normalized spacial score (nSPS) is 10.3. The third kappa shape index (κ3) is 6.86. The molecule has 0 aliphatic heterocycles. The smallest absolute Gasteiger partial charge is 0.372 e. The van der Waals surface area contributed by atoms with Crippen LogP contribution in [-0.4, -0.2) is 25.5 Å². The van der Waals surface area contributed by atoms with E-state index in [0.717, 1.165) is 5.69 Å². The maximum Gasteiger partial charge on any atom is 0.429 e. The number of carbonyl (C=O) groups excluding carboxylic acids is 2. The SMILES string of the molecule is Cc1ccccc1C(=O)OC(=O)NS(=O)(=O)c1ccccc1.Cc1ccccn1. The summed E-state index contributed by atoms with van der Waals surface area (Å²) in [4.78, 5) is 27.3. The van der Waals surface area contributed by atoms with Crippen LogP contribution in [0.4, 0.5) is 4.79 Å². The Morgan fingerprint density at radius 1 is 0.862 bits per heavy atom. The lowest BCUT2D eigenvalue weighted by Crippen LogP contribution is -2.32. The van der Waals surface area contributed by atoms with E-state index in [0.29, 0.717) is 5.56 Å². The minimum Gasteiger partial charge on any atom is -0.372 e. The maximum atomic E-state index is 11.9. The maximum absolute atomic E-state index is 11.9. The summed E-state index contributed by atoms with van der Waals surface area (Å²) in [7, 11) is -4.07. The Morgan fingerprint density at radius 2 is 1.48 bits per heavy atom. The summed E-state index contributed by atoms with van der Waals surface area (Å²) in [5, 5.41) is 0. The summed E-state index contributed by atoms with van der Waals surface area (Å²) in [6, 6.07) is 19.7. The number of sulfonamides is 1. The first-order chi connectivity index (χ1) is 13.8. The number of pyridine rings is 1. The van der Waals surface area contributed by atoms with E-state index in [4.69, 9.17) is 0 Å². The monoisotopic (exact) mass is 412 g/mol. The van der Waals surface area contributed by atoms with Gasteiger partial charge in [-0.3, -0.25) is 4.98 Å². The Balaban J connectivity index is 0.000000360. The molecule has 0 unspecified atom stereocenters. The molecule has 0 aliphatic rings. The molecular formula is C21H20N2O5S. The van der Waals surface area contributed by atoms with Crippen molar-refractivity contribution in [3.63, 3.8) is 0 Å². The minimum absolute atomic E-state index is 0.102. The third-order valence-electron chi connectivity index (χ3n) is 3.63. The summed E-state index contributed by atoms with van der Waals surface area (Å²) >= 11 is 0. The molecule has 0 radical (unpaired) electrons. The fourth-order valence-corrected chi connectivity index (χ4v) is 3.07. The van der Waals surface area contributed by atoms with Gasteiger partial charge in [0.05, 0.1) is 10.5 Å². The van der Waals surface area contributed by atoms with Crippen molar-refractivity contribution < 1.29 is 22.7 Å². The van der Waals surface area contributed by atoms with Crippen LogP contribution in [0.3, 0.4) is 0 Å². The van der Waals surface area contributed by atoms with Gasteiger partial charge in [-0.1, -0.05) is 42.5 Å². The molecule has 0 saturated heterocycles. The predicted molar refractivity (Wildman–Crippen MR) is 108 cm³/mol. The van der Waals surface area contributed by atoms with Crippen LogP contribution < -0.4 is 4.72 Å². The van der Waals surface area contributed by atoms with Crippen molar-refractivity contribution in [2.24, 2.45) is 0 Å². The van der Waals surface area contributed by atoms with Gasteiger partial charge in [-0.25, -0.2) is 22.7 Å². The Morgan fingerprint density at radius 3 is 2.03 bits per heavy atom. The molecule has 0 spiro atoms. The molecule has 1 amide bonds. The van der Waals surface area contributed by atoms with Gasteiger partial charge in [-0.2, -0.15) is 0 Å². The number of rotatable bonds is 3. The molecular weight excluding hydrogens is 392 g/mol. The summed E-state index contributed by atoms with van der Waals surface area (Å²) in [6.07, 6.45) is 0.437. The Bertz CT molecular complexity index is 1070. The van der Waals surface area contributed by atoms with Crippen LogP contribution in [-0.2, 0) is 14.8 Å². The number of hydrogen-bond donors (Lipinski definition) is 1. The first-order valence-electron chi connectivity index (χ1n) is 8.57. The molecule has 150 valence electrons. The van der Waals surface area contributed by atoms with Crippen molar-refractivity contribution >= 4 is 22.1 Å². The quantitative estimate of drug-likeness (QED) is 0.520. The summed E-state index contributed by atoms with van der Waals surface area (Å²) in [6.45, 7) is 3.65. The highest BCUT2D eigenvalue weighted by atomic mass is 32.2. The van der Waals surface area contributed by atoms with Crippen LogP contribution >= 0.6 is 0 Å². The van der Waals surface area contributed by atoms with E-state index in [-0.39, 0.29) is 10.5 Å². The average molecular weight is 412 g/mol. The fraction of sp³-hybridized carbons (Fsp3) is 0.0952. The van der Waals surface area contributed by atoms with Gasteiger partial charge in [0.15, 0.2) is 0 Å². The van der Waals surface area contributed by atoms with Crippen molar-refractivity contribution in [2.75, 3.05) is 0 Å². The number of nitrogens with one attached hydrogen (secondary N) is 1. The zero-order valence-electron chi connectivity index (χ0n) is 15.9. The number of hydrogen-bond acceptors (Lipinski definition) is 6. The topological polar surface area (TPSA) is 102 Å². The number of carbonyl (C=O) groups is 2. The molecule has 2 aromatic carbocycles. The number of ether oxygens (including phenoxy) is 1. The minimum atomic E-state index is -4.07. The molecule has 29 heavy (non-hydrogen) atoms. The van der Waals surface area contributed by atoms with Crippen molar-refractivity contribution in [1.82, 2.24) is 9.71 Å². The van der Waals surface area contributed by atoms with Gasteiger partial charge in [0.1, 0.15) is 0 Å². The Hall–Kier alpha value is -3.52. The van der Waals surface area contributed by atoms with Crippen molar-refractivity contribution in [3.05, 3.63) is 95.8 Å². The lowest BCUT2D eigenvalue weighted by Gasteiger charge is -2.07. The van der Waals surface area contributed by atoms with Gasteiger partial charge in [-0.05, 0) is 49.7 Å². The Kier molecular flexibility index (Phi) is 7.62. The van der Waals surface area contributed by atoms with E-state index in [1.54, 1.807) is 42.1 Å². The average Bonchev–Trinajstić information content (AvgIpc) is 2.69. The summed E-state index contributed by atoms with van der Waals surface area (Å²) < 4.78 is 30.0. The largest absolute Gasteiger partial charge is 0.429 e. The molecule has 1 heterocycles. The summed E-state index contributed by atoms with van der Waals surface area (Å²) in [5.74, 6) is -0.918. The zero-order chi connectivity index (χ0) is 21.3. The zero-order valence-corrected chi connectivity index (χ0v) is 16.7. The highest BCUT2D eigenvalue weighted by molar-refractivity contribution is 7.90. The van der Waals surface area contributed by atoms with Crippen LogP contribution in [0.2, 0.25) is 0 Å². The number of benzene rings is 2. The molecule has 3 rings (SSSR count). The predicted octanol–water partition coefficient (Wildman–Crippen LogP) is 3.64. The van der Waals surface area contributed by atoms with Crippen LogP contribution in [0.15, 0.2) is 83.9 Å². The number of amides is 1. The van der Waals surface area contributed by atoms with E-state index in [1.807, 2.05) is 25.1 Å². The van der Waals surface area contributed by atoms with Crippen molar-refractivity contribution in [3.8, 4) is 0 Å². The van der Waals surface area contributed by atoms with E-state index >= 15 is 0 Å². The van der Waals surface area contributed by atoms with Crippen LogP contribution in [0, 0.1) is 13.8 Å². The Labute approximate surface area is 169 Å². The molecule has 8 heteroatoms. The van der Waals surface area contributed by atoms with Gasteiger partial charge in [-0.15, -0.1) is 0 Å². The highest BCUT2D eigenvalue weighted by Crippen LogP contribution is 2.10. The first kappa shape index (κ1) is 21.8. The van der Waals surface area contributed by atoms with Gasteiger partial charge in [0, 0.05) is 11.9 Å². The van der Waals surface area contributed by atoms with Crippen LogP contribution in [0.1, 0.15) is 21.6 Å². The second-order valence-corrected chi connectivity index (χ2v) is 7.56. The molecule has 7 nitrogen and oxygen atoms in total. The van der Waals surface area contributed by atoms with Crippen LogP contribution in [0.25, 0.3) is 0 Å². The molecule has 1 N–H and O–H groups in total. The molecule has 0 atom stereocenters. The second kappa shape index (κ2) is 10.1. The van der Waals surface area contributed by atoms with E-state index in [1.165, 1.54) is 30.3 Å². The van der Waals surface area contributed by atoms with Gasteiger partial charge in [0.2, 0.25) is 0 Å². The number of nitrogens with zero attached hydrogens (tertiary/aromatic N) is 1. The lowest BCUT2D eigenvalue weighted by molar-refractivity contribution is 0.0631. The summed E-state index contributed by atoms with van der Waals surface area (Å²) in [5.41, 5.74) is 1.88. The van der Waals surface area contributed by atoms with Gasteiger partial charge < -0.3 is 4.74 Å².